The molecule has 3 aromatic rings. The van der Waals surface area contributed by atoms with Crippen LogP contribution >= 0.6 is 11.6 Å². The summed E-state index contributed by atoms with van der Waals surface area (Å²) in [6, 6.07) is 17.5. The molecular formula is C24H28ClN3O2. The highest BCUT2D eigenvalue weighted by Gasteiger charge is 2.17. The number of anilines is 1. The minimum Gasteiger partial charge on any atom is -0.489 e. The van der Waals surface area contributed by atoms with Crippen LogP contribution in [-0.2, 0) is 17.9 Å². The summed E-state index contributed by atoms with van der Waals surface area (Å²) in [5.74, 6) is 1.27. The molecule has 1 heterocycles. The van der Waals surface area contributed by atoms with Crippen molar-refractivity contribution in [1.82, 2.24) is 9.78 Å². The van der Waals surface area contributed by atoms with Gasteiger partial charge in [-0.15, -0.1) is 0 Å². The van der Waals surface area contributed by atoms with Crippen molar-refractivity contribution >= 4 is 23.3 Å². The van der Waals surface area contributed by atoms with Crippen molar-refractivity contribution in [2.45, 2.75) is 47.3 Å². The Bertz CT molecular complexity index is 1010. The molecule has 0 aliphatic heterocycles. The fourth-order valence-corrected chi connectivity index (χ4v) is 3.30. The van der Waals surface area contributed by atoms with Gasteiger partial charge in [0.15, 0.2) is 5.82 Å². The zero-order valence-corrected chi connectivity index (χ0v) is 18.7. The highest BCUT2D eigenvalue weighted by atomic mass is 35.5. The molecule has 1 N–H and O–H groups in total. The Labute approximate surface area is 183 Å². The van der Waals surface area contributed by atoms with Crippen LogP contribution in [0, 0.1) is 12.3 Å². The number of carbonyl (C=O) groups is 1. The molecule has 0 bridgehead atoms. The third-order valence-electron chi connectivity index (χ3n) is 4.52. The standard InChI is InChI=1S/C24H28ClN3O2/c1-17-12-22(26-23(29)14-24(2,3)4)27-28(17)15-19-13-20(25)10-11-21(19)30-16-18-8-6-5-7-9-18/h5-13H,14-16H2,1-4H3,(H,26,27,29). The van der Waals surface area contributed by atoms with Crippen molar-refractivity contribution in [3.63, 3.8) is 0 Å². The van der Waals surface area contributed by atoms with Gasteiger partial charge < -0.3 is 10.1 Å². The molecule has 0 aliphatic carbocycles. The molecule has 0 aliphatic rings. The Kier molecular flexibility index (Phi) is 6.83. The molecule has 5 nitrogen and oxygen atoms in total. The number of rotatable bonds is 7. The minimum absolute atomic E-state index is 0.0400. The van der Waals surface area contributed by atoms with Crippen molar-refractivity contribution in [1.29, 1.82) is 0 Å². The number of nitrogens with zero attached hydrogens (tertiary/aromatic N) is 2. The van der Waals surface area contributed by atoms with Crippen LogP contribution in [0.1, 0.15) is 44.0 Å². The van der Waals surface area contributed by atoms with Gasteiger partial charge in [-0.25, -0.2) is 0 Å². The van der Waals surface area contributed by atoms with Crippen LogP contribution in [0.3, 0.4) is 0 Å². The number of hydrogen-bond acceptors (Lipinski definition) is 3. The summed E-state index contributed by atoms with van der Waals surface area (Å²) < 4.78 is 7.89. The van der Waals surface area contributed by atoms with E-state index >= 15 is 0 Å². The number of halogens is 1. The average molecular weight is 426 g/mol. The number of benzene rings is 2. The first-order valence-corrected chi connectivity index (χ1v) is 10.4. The predicted molar refractivity (Wildman–Crippen MR) is 121 cm³/mol. The van der Waals surface area contributed by atoms with Crippen LogP contribution in [0.5, 0.6) is 5.75 Å². The van der Waals surface area contributed by atoms with Gasteiger partial charge >= 0.3 is 0 Å². The average Bonchev–Trinajstić information content (AvgIpc) is 2.99. The second-order valence-electron chi connectivity index (χ2n) is 8.64. The summed E-state index contributed by atoms with van der Waals surface area (Å²) in [7, 11) is 0. The quantitative estimate of drug-likeness (QED) is 0.516. The Morgan fingerprint density at radius 3 is 2.57 bits per heavy atom. The van der Waals surface area contributed by atoms with Gasteiger partial charge in [0.1, 0.15) is 12.4 Å². The van der Waals surface area contributed by atoms with Gasteiger partial charge in [-0.3, -0.25) is 9.48 Å². The molecule has 0 spiro atoms. The predicted octanol–water partition coefficient (Wildman–Crippen LogP) is 5.85. The number of hydrogen-bond donors (Lipinski definition) is 1. The van der Waals surface area contributed by atoms with E-state index < -0.39 is 0 Å². The number of amides is 1. The molecule has 1 amide bonds. The highest BCUT2D eigenvalue weighted by Crippen LogP contribution is 2.26. The lowest BCUT2D eigenvalue weighted by atomic mass is 9.92. The number of ether oxygens (including phenoxy) is 1. The molecule has 2 aromatic carbocycles. The van der Waals surface area contributed by atoms with Gasteiger partial charge in [-0.05, 0) is 36.1 Å². The highest BCUT2D eigenvalue weighted by molar-refractivity contribution is 6.30. The lowest BCUT2D eigenvalue weighted by Crippen LogP contribution is -2.20. The van der Waals surface area contributed by atoms with Crippen LogP contribution < -0.4 is 10.1 Å². The molecule has 0 saturated carbocycles. The zero-order chi connectivity index (χ0) is 21.7. The fourth-order valence-electron chi connectivity index (χ4n) is 3.11. The normalized spacial score (nSPS) is 11.4. The van der Waals surface area contributed by atoms with E-state index in [9.17, 15) is 4.79 Å². The minimum atomic E-state index is -0.0759. The number of aryl methyl sites for hydroxylation is 1. The largest absolute Gasteiger partial charge is 0.489 e. The summed E-state index contributed by atoms with van der Waals surface area (Å²) in [5, 5.41) is 8.08. The van der Waals surface area contributed by atoms with Crippen LogP contribution in [0.25, 0.3) is 0 Å². The molecule has 1 aromatic heterocycles. The summed E-state index contributed by atoms with van der Waals surface area (Å²) in [6.45, 7) is 9.03. The van der Waals surface area contributed by atoms with Gasteiger partial charge in [0.05, 0.1) is 6.54 Å². The van der Waals surface area contributed by atoms with Crippen molar-refractivity contribution in [3.8, 4) is 5.75 Å². The van der Waals surface area contributed by atoms with E-state index in [1.165, 1.54) is 0 Å². The van der Waals surface area contributed by atoms with E-state index in [0.29, 0.717) is 30.4 Å². The molecule has 6 heteroatoms. The first kappa shape index (κ1) is 21.9. The molecule has 0 saturated heterocycles. The maximum Gasteiger partial charge on any atom is 0.226 e. The van der Waals surface area contributed by atoms with Gasteiger partial charge in [0.2, 0.25) is 5.91 Å². The van der Waals surface area contributed by atoms with E-state index in [1.54, 1.807) is 0 Å². The van der Waals surface area contributed by atoms with Gasteiger partial charge in [-0.1, -0.05) is 62.7 Å². The van der Waals surface area contributed by atoms with E-state index in [1.807, 2.05) is 87.0 Å². The number of aromatic nitrogens is 2. The monoisotopic (exact) mass is 425 g/mol. The van der Waals surface area contributed by atoms with Gasteiger partial charge in [0.25, 0.3) is 0 Å². The third kappa shape index (κ3) is 6.36. The van der Waals surface area contributed by atoms with Crippen molar-refractivity contribution in [3.05, 3.63) is 76.4 Å². The fraction of sp³-hybridized carbons (Fsp3) is 0.333. The summed E-state index contributed by atoms with van der Waals surface area (Å²) >= 11 is 6.23. The van der Waals surface area contributed by atoms with Crippen molar-refractivity contribution in [2.75, 3.05) is 5.32 Å². The Morgan fingerprint density at radius 2 is 1.87 bits per heavy atom. The molecular weight excluding hydrogens is 398 g/mol. The maximum atomic E-state index is 12.2. The third-order valence-corrected chi connectivity index (χ3v) is 4.75. The summed E-state index contributed by atoms with van der Waals surface area (Å²) in [6.07, 6.45) is 0.435. The Hall–Kier alpha value is -2.79. The molecule has 0 unspecified atom stereocenters. The molecule has 158 valence electrons. The van der Waals surface area contributed by atoms with Crippen LogP contribution in [0.4, 0.5) is 5.82 Å². The van der Waals surface area contributed by atoms with Crippen LogP contribution in [0.2, 0.25) is 5.02 Å². The van der Waals surface area contributed by atoms with E-state index in [4.69, 9.17) is 16.3 Å². The molecule has 0 atom stereocenters. The topological polar surface area (TPSA) is 56.2 Å². The second kappa shape index (κ2) is 9.35. The second-order valence-corrected chi connectivity index (χ2v) is 9.08. The van der Waals surface area contributed by atoms with E-state index in [2.05, 4.69) is 10.4 Å². The van der Waals surface area contributed by atoms with Crippen molar-refractivity contribution in [2.24, 2.45) is 5.41 Å². The molecule has 3 rings (SSSR count). The zero-order valence-electron chi connectivity index (χ0n) is 17.9. The molecule has 30 heavy (non-hydrogen) atoms. The van der Waals surface area contributed by atoms with Crippen LogP contribution in [-0.4, -0.2) is 15.7 Å². The lowest BCUT2D eigenvalue weighted by molar-refractivity contribution is -0.117. The van der Waals surface area contributed by atoms with E-state index in [0.717, 1.165) is 22.6 Å². The van der Waals surface area contributed by atoms with E-state index in [-0.39, 0.29) is 11.3 Å². The maximum absolute atomic E-state index is 12.2. The molecule has 0 fully saturated rings. The first-order chi connectivity index (χ1) is 14.2. The first-order valence-electron chi connectivity index (χ1n) is 9.99. The van der Waals surface area contributed by atoms with Gasteiger partial charge in [-0.2, -0.15) is 5.10 Å². The van der Waals surface area contributed by atoms with Crippen molar-refractivity contribution < 1.29 is 9.53 Å². The number of carbonyl (C=O) groups excluding carboxylic acids is 1. The summed E-state index contributed by atoms with van der Waals surface area (Å²) in [4.78, 5) is 12.2. The summed E-state index contributed by atoms with van der Waals surface area (Å²) in [5.41, 5.74) is 2.89. The Morgan fingerprint density at radius 1 is 1.13 bits per heavy atom. The lowest BCUT2D eigenvalue weighted by Gasteiger charge is -2.16. The smallest absolute Gasteiger partial charge is 0.226 e. The number of nitrogens with one attached hydrogen (secondary N) is 1. The van der Waals surface area contributed by atoms with Crippen LogP contribution in [0.15, 0.2) is 54.6 Å². The van der Waals surface area contributed by atoms with Gasteiger partial charge in [0, 0.05) is 28.8 Å². The molecule has 0 radical (unpaired) electrons. The SMILES string of the molecule is Cc1cc(NC(=O)CC(C)(C)C)nn1Cc1cc(Cl)ccc1OCc1ccccc1. The Balaban J connectivity index is 1.73.